The molecular formula is C18H23BrN2O4S. The van der Waals surface area contributed by atoms with Gasteiger partial charge in [0.25, 0.3) is 0 Å². The molecule has 1 aromatic rings. The molecule has 1 aliphatic carbocycles. The van der Waals surface area contributed by atoms with Crippen LogP contribution in [-0.2, 0) is 21.4 Å². The number of carbonyl (C=O) groups excluding carboxylic acids is 2. The molecule has 1 fully saturated rings. The molecule has 1 aliphatic rings. The number of Topliss-reactive ketones (excluding diaryl/α,β-unsaturated/α-hetero) is 2. The smallest absolute Gasteiger partial charge is 0.211 e. The molecule has 1 saturated carbocycles. The van der Waals surface area contributed by atoms with Crippen molar-refractivity contribution in [3.05, 3.63) is 45.6 Å². The molecule has 0 aromatic heterocycles. The molecule has 1 aromatic carbocycles. The van der Waals surface area contributed by atoms with E-state index in [9.17, 15) is 18.0 Å². The Morgan fingerprint density at radius 3 is 2.35 bits per heavy atom. The highest BCUT2D eigenvalue weighted by Gasteiger charge is 2.35. The highest BCUT2D eigenvalue weighted by Crippen LogP contribution is 2.33. The first-order valence-corrected chi connectivity index (χ1v) is 10.8. The second-order valence-electron chi connectivity index (χ2n) is 6.79. The normalized spacial score (nSPS) is 15.2. The zero-order valence-electron chi connectivity index (χ0n) is 15.3. The number of benzene rings is 1. The number of rotatable bonds is 8. The largest absolute Gasteiger partial charge is 0.383 e. The number of nitrogens with zero attached hydrogens (tertiary/aromatic N) is 2. The molecule has 0 saturated heterocycles. The van der Waals surface area contributed by atoms with E-state index in [4.69, 9.17) is 0 Å². The van der Waals surface area contributed by atoms with E-state index in [1.807, 2.05) is 0 Å². The molecule has 0 N–H and O–H groups in total. The van der Waals surface area contributed by atoms with Crippen molar-refractivity contribution < 1.29 is 18.0 Å². The van der Waals surface area contributed by atoms with E-state index in [2.05, 4.69) is 15.9 Å². The van der Waals surface area contributed by atoms with E-state index in [1.165, 1.54) is 11.4 Å². The first-order valence-electron chi connectivity index (χ1n) is 8.17. The van der Waals surface area contributed by atoms with Crippen molar-refractivity contribution in [2.24, 2.45) is 5.92 Å². The first-order chi connectivity index (χ1) is 12.0. The lowest BCUT2D eigenvalue weighted by atomic mass is 9.94. The van der Waals surface area contributed by atoms with Crippen molar-refractivity contribution >= 4 is 37.5 Å². The summed E-state index contributed by atoms with van der Waals surface area (Å²) in [7, 11) is 1.57. The third-order valence-corrected chi connectivity index (χ3v) is 5.87. The van der Waals surface area contributed by atoms with Crippen molar-refractivity contribution in [3.63, 3.8) is 0 Å². The molecule has 0 atom stereocenters. The Labute approximate surface area is 163 Å². The SMILES string of the molecule is CN(C)C=C(C(=O)c1ccc(Br)cc1CN(C)S(C)(=O)=O)C(=O)C1CC1. The van der Waals surface area contributed by atoms with Gasteiger partial charge in [-0.25, -0.2) is 12.7 Å². The van der Waals surface area contributed by atoms with Crippen LogP contribution in [0.15, 0.2) is 34.4 Å². The van der Waals surface area contributed by atoms with Crippen molar-refractivity contribution in [1.82, 2.24) is 9.21 Å². The molecule has 0 spiro atoms. The second-order valence-corrected chi connectivity index (χ2v) is 9.80. The fourth-order valence-electron chi connectivity index (χ4n) is 2.47. The number of ketones is 2. The van der Waals surface area contributed by atoms with Crippen molar-refractivity contribution in [3.8, 4) is 0 Å². The third kappa shape index (κ3) is 5.25. The zero-order valence-corrected chi connectivity index (χ0v) is 17.7. The third-order valence-electron chi connectivity index (χ3n) is 4.12. The summed E-state index contributed by atoms with van der Waals surface area (Å²) in [5.74, 6) is -0.600. The number of hydrogen-bond acceptors (Lipinski definition) is 5. The summed E-state index contributed by atoms with van der Waals surface area (Å²) < 4.78 is 25.4. The van der Waals surface area contributed by atoms with Gasteiger partial charge in [-0.3, -0.25) is 9.59 Å². The van der Waals surface area contributed by atoms with Gasteiger partial charge in [0.15, 0.2) is 11.6 Å². The number of carbonyl (C=O) groups is 2. The summed E-state index contributed by atoms with van der Waals surface area (Å²) in [6.45, 7) is 0.0478. The maximum atomic E-state index is 13.1. The van der Waals surface area contributed by atoms with Gasteiger partial charge in [-0.2, -0.15) is 0 Å². The van der Waals surface area contributed by atoms with Crippen LogP contribution in [0.2, 0.25) is 0 Å². The Balaban J connectivity index is 2.45. The first kappa shape index (κ1) is 20.8. The predicted octanol–water partition coefficient (Wildman–Crippen LogP) is 2.45. The summed E-state index contributed by atoms with van der Waals surface area (Å²) in [6.07, 6.45) is 4.28. The molecule has 0 radical (unpaired) electrons. The van der Waals surface area contributed by atoms with Crippen LogP contribution in [0.5, 0.6) is 0 Å². The summed E-state index contributed by atoms with van der Waals surface area (Å²) in [5, 5.41) is 0. The number of hydrogen-bond donors (Lipinski definition) is 0. The van der Waals surface area contributed by atoms with Crippen LogP contribution >= 0.6 is 15.9 Å². The lowest BCUT2D eigenvalue weighted by Crippen LogP contribution is -2.26. The van der Waals surface area contributed by atoms with Gasteiger partial charge in [0, 0.05) is 49.8 Å². The molecule has 0 bridgehead atoms. The van der Waals surface area contributed by atoms with Crippen LogP contribution in [0.25, 0.3) is 0 Å². The van der Waals surface area contributed by atoms with Gasteiger partial charge in [0.05, 0.1) is 11.8 Å². The van der Waals surface area contributed by atoms with E-state index in [0.717, 1.165) is 23.6 Å². The molecule has 0 heterocycles. The number of sulfonamides is 1. The summed E-state index contributed by atoms with van der Waals surface area (Å²) in [6, 6.07) is 5.05. The van der Waals surface area contributed by atoms with Crippen LogP contribution in [0.3, 0.4) is 0 Å². The number of halogens is 1. The van der Waals surface area contributed by atoms with Crippen LogP contribution in [0, 0.1) is 5.92 Å². The van der Waals surface area contributed by atoms with Gasteiger partial charge in [0.1, 0.15) is 0 Å². The van der Waals surface area contributed by atoms with E-state index in [0.29, 0.717) is 11.1 Å². The van der Waals surface area contributed by atoms with Crippen LogP contribution in [-0.4, -0.2) is 56.6 Å². The maximum Gasteiger partial charge on any atom is 0.211 e. The Kier molecular flexibility index (Phi) is 6.42. The zero-order chi connectivity index (χ0) is 19.6. The van der Waals surface area contributed by atoms with Crippen molar-refractivity contribution in [2.45, 2.75) is 19.4 Å². The van der Waals surface area contributed by atoms with Gasteiger partial charge in [-0.15, -0.1) is 0 Å². The lowest BCUT2D eigenvalue weighted by molar-refractivity contribution is -0.116. The lowest BCUT2D eigenvalue weighted by Gasteiger charge is -2.18. The van der Waals surface area contributed by atoms with Gasteiger partial charge in [0.2, 0.25) is 10.0 Å². The van der Waals surface area contributed by atoms with Gasteiger partial charge in [-0.1, -0.05) is 15.9 Å². The summed E-state index contributed by atoms with van der Waals surface area (Å²) >= 11 is 3.36. The molecule has 0 amide bonds. The van der Waals surface area contributed by atoms with E-state index < -0.39 is 10.0 Å². The molecule has 6 nitrogen and oxygen atoms in total. The van der Waals surface area contributed by atoms with Crippen LogP contribution in [0.1, 0.15) is 28.8 Å². The monoisotopic (exact) mass is 442 g/mol. The molecule has 2 rings (SSSR count). The Hall–Kier alpha value is -1.51. The maximum absolute atomic E-state index is 13.1. The fourth-order valence-corrected chi connectivity index (χ4v) is 3.26. The van der Waals surface area contributed by atoms with Crippen molar-refractivity contribution in [2.75, 3.05) is 27.4 Å². The average molecular weight is 443 g/mol. The molecule has 0 aliphatic heterocycles. The van der Waals surface area contributed by atoms with Crippen LogP contribution in [0.4, 0.5) is 0 Å². The van der Waals surface area contributed by atoms with E-state index >= 15 is 0 Å². The van der Waals surface area contributed by atoms with Crippen molar-refractivity contribution in [1.29, 1.82) is 0 Å². The van der Waals surface area contributed by atoms with E-state index in [-0.39, 0.29) is 29.6 Å². The predicted molar refractivity (Wildman–Crippen MR) is 104 cm³/mol. The second kappa shape index (κ2) is 8.02. The molecular weight excluding hydrogens is 420 g/mol. The molecule has 8 heteroatoms. The standard InChI is InChI=1S/C18H23BrN2O4S/c1-20(2)11-16(17(22)12-5-6-12)18(23)15-8-7-14(19)9-13(15)10-21(3)26(4,24)25/h7-9,11-12H,5-6,10H2,1-4H3. The van der Waals surface area contributed by atoms with Crippen LogP contribution < -0.4 is 0 Å². The molecule has 0 unspecified atom stereocenters. The summed E-state index contributed by atoms with van der Waals surface area (Å²) in [5.41, 5.74) is 1.03. The Morgan fingerprint density at radius 2 is 1.85 bits per heavy atom. The number of allylic oxidation sites excluding steroid dienone is 1. The quantitative estimate of drug-likeness (QED) is 0.267. The Morgan fingerprint density at radius 1 is 1.23 bits per heavy atom. The average Bonchev–Trinajstić information content (AvgIpc) is 3.35. The van der Waals surface area contributed by atoms with Gasteiger partial charge >= 0.3 is 0 Å². The molecule has 26 heavy (non-hydrogen) atoms. The highest BCUT2D eigenvalue weighted by atomic mass is 79.9. The highest BCUT2D eigenvalue weighted by molar-refractivity contribution is 9.10. The minimum absolute atomic E-state index is 0.0478. The fraction of sp³-hybridized carbons (Fsp3) is 0.444. The molecule has 142 valence electrons. The van der Waals surface area contributed by atoms with Gasteiger partial charge < -0.3 is 4.90 Å². The summed E-state index contributed by atoms with van der Waals surface area (Å²) in [4.78, 5) is 27.4. The van der Waals surface area contributed by atoms with E-state index in [1.54, 1.807) is 43.4 Å². The topological polar surface area (TPSA) is 74.8 Å². The minimum atomic E-state index is -3.40. The Bertz CT molecular complexity index is 858. The minimum Gasteiger partial charge on any atom is -0.383 e. The van der Waals surface area contributed by atoms with Gasteiger partial charge in [-0.05, 0) is 36.6 Å².